The lowest BCUT2D eigenvalue weighted by molar-refractivity contribution is 0.474. The highest BCUT2D eigenvalue weighted by Crippen LogP contribution is 2.39. The van der Waals surface area contributed by atoms with Crippen LogP contribution in [0.3, 0.4) is 0 Å². The van der Waals surface area contributed by atoms with Crippen molar-refractivity contribution in [3.8, 4) is 5.75 Å². The summed E-state index contributed by atoms with van der Waals surface area (Å²) in [7, 11) is -3.88. The van der Waals surface area contributed by atoms with Crippen LogP contribution in [0.1, 0.15) is 0 Å². The van der Waals surface area contributed by atoms with Crippen molar-refractivity contribution in [1.82, 2.24) is 0 Å². The second-order valence-corrected chi connectivity index (χ2v) is 7.16. The van der Waals surface area contributed by atoms with Gasteiger partial charge >= 0.3 is 0 Å². The Morgan fingerprint density at radius 3 is 2.71 bits per heavy atom. The van der Waals surface area contributed by atoms with Gasteiger partial charge in [-0.25, -0.2) is 8.42 Å². The maximum atomic E-state index is 12.5. The number of nitrogens with one attached hydrogen (secondary N) is 1. The van der Waals surface area contributed by atoms with Gasteiger partial charge in [-0.15, -0.1) is 0 Å². The lowest BCUT2D eigenvalue weighted by atomic mass is 10.3. The average Bonchev–Trinajstić information content (AvgIpc) is 2.91. The van der Waals surface area contributed by atoms with Crippen molar-refractivity contribution in [3.05, 3.63) is 40.9 Å². The van der Waals surface area contributed by atoms with Crippen LogP contribution in [-0.2, 0) is 21.4 Å². The predicted octanol–water partition coefficient (Wildman–Crippen LogP) is 3.68. The lowest BCUT2D eigenvalue weighted by Gasteiger charge is -2.11. The van der Waals surface area contributed by atoms with Crippen molar-refractivity contribution >= 4 is 54.4 Å². The number of hydrogen-bond acceptors (Lipinski definition) is 5. The van der Waals surface area contributed by atoms with Crippen molar-refractivity contribution in [3.63, 3.8) is 0 Å². The van der Waals surface area contributed by atoms with Crippen molar-refractivity contribution in [2.45, 2.75) is 4.90 Å². The summed E-state index contributed by atoms with van der Waals surface area (Å²) in [5.74, 6) is -0.176. The number of phenolic OH excluding ortho intramolecular Hbond substituents is 1. The number of halogens is 1. The van der Waals surface area contributed by atoms with Crippen LogP contribution < -0.4 is 4.72 Å². The van der Waals surface area contributed by atoms with Gasteiger partial charge in [0.2, 0.25) is 0 Å². The van der Waals surface area contributed by atoms with Crippen LogP contribution in [0.2, 0.25) is 0 Å². The van der Waals surface area contributed by atoms with Gasteiger partial charge in [0.1, 0.15) is 16.3 Å². The maximum Gasteiger partial charge on any atom is 0.264 e. The van der Waals surface area contributed by atoms with Gasteiger partial charge in [-0.3, -0.25) is 4.72 Å². The van der Waals surface area contributed by atoms with Crippen LogP contribution in [0.25, 0.3) is 0 Å². The number of hydrogen-bond donors (Lipinski definition) is 2. The van der Waals surface area contributed by atoms with Crippen LogP contribution in [0.4, 0.5) is 17.1 Å². The average molecular weight is 386 g/mol. The van der Waals surface area contributed by atoms with Crippen LogP contribution in [0.5, 0.6) is 5.75 Å². The van der Waals surface area contributed by atoms with Gasteiger partial charge in [-0.1, -0.05) is 12.1 Å². The standard InChI is InChI=1S/C12H8BrN3O3S2/c13-7-3-1-5-9(12(7)17)16-21(18,19)10-6-2-4-8-11(10)15-20-14-8/h1-6,16-17H. The molecule has 0 spiro atoms. The van der Waals surface area contributed by atoms with Gasteiger partial charge in [0.25, 0.3) is 10.0 Å². The molecule has 9 heteroatoms. The third kappa shape index (κ3) is 2.59. The van der Waals surface area contributed by atoms with Crippen molar-refractivity contribution in [2.75, 3.05) is 4.72 Å². The van der Waals surface area contributed by atoms with E-state index in [0.717, 1.165) is 11.4 Å². The highest BCUT2D eigenvalue weighted by Gasteiger charge is 2.23. The van der Waals surface area contributed by atoms with E-state index < -0.39 is 10.0 Å². The van der Waals surface area contributed by atoms with Gasteiger partial charge in [0.15, 0.2) is 5.75 Å². The quantitative estimate of drug-likeness (QED) is 0.673. The van der Waals surface area contributed by atoms with E-state index in [9.17, 15) is 13.5 Å². The minimum atomic E-state index is -3.88. The molecule has 21 heavy (non-hydrogen) atoms. The smallest absolute Gasteiger partial charge is 0.264 e. The van der Waals surface area contributed by atoms with E-state index in [1.807, 2.05) is 0 Å². The largest absolute Gasteiger partial charge is 0.505 e. The molecule has 0 saturated carbocycles. The second kappa shape index (κ2) is 5.24. The number of sulfonamides is 1. The minimum Gasteiger partial charge on any atom is -0.505 e. The summed E-state index contributed by atoms with van der Waals surface area (Å²) in [6, 6.07) is 9.43. The number of rotatable bonds is 3. The summed E-state index contributed by atoms with van der Waals surface area (Å²) < 4.78 is 35.7. The Morgan fingerprint density at radius 1 is 1.14 bits per heavy atom. The third-order valence-corrected chi connectivity index (χ3v) is 5.35. The van der Waals surface area contributed by atoms with Gasteiger partial charge in [0.05, 0.1) is 21.5 Å². The van der Waals surface area contributed by atoms with E-state index >= 15 is 0 Å². The summed E-state index contributed by atoms with van der Waals surface area (Å²) in [6.07, 6.45) is 0. The fourth-order valence-electron chi connectivity index (χ4n) is 1.80. The number of aromatic hydroxyl groups is 1. The molecule has 1 aliphatic rings. The van der Waals surface area contributed by atoms with Crippen molar-refractivity contribution < 1.29 is 13.5 Å². The fraction of sp³-hybridized carbons (Fsp3) is 0. The lowest BCUT2D eigenvalue weighted by Crippen LogP contribution is -2.13. The molecule has 0 bridgehead atoms. The van der Waals surface area contributed by atoms with Gasteiger partial charge in [-0.05, 0) is 40.2 Å². The molecule has 0 unspecified atom stereocenters. The molecule has 0 amide bonds. The van der Waals surface area contributed by atoms with E-state index in [-0.39, 0.29) is 16.3 Å². The van der Waals surface area contributed by atoms with E-state index in [4.69, 9.17) is 0 Å². The molecule has 3 rings (SSSR count). The zero-order chi connectivity index (χ0) is 15.0. The van der Waals surface area contributed by atoms with Crippen LogP contribution in [0.15, 0.2) is 54.5 Å². The van der Waals surface area contributed by atoms with Gasteiger partial charge in [-0.2, -0.15) is 8.73 Å². The van der Waals surface area contributed by atoms with Gasteiger partial charge in [0, 0.05) is 0 Å². The topological polar surface area (TPSA) is 91.1 Å². The summed E-state index contributed by atoms with van der Waals surface area (Å²) in [6.45, 7) is 0. The van der Waals surface area contributed by atoms with Crippen molar-refractivity contribution in [1.29, 1.82) is 0 Å². The van der Waals surface area contributed by atoms with Crippen LogP contribution in [-0.4, -0.2) is 13.5 Å². The molecular weight excluding hydrogens is 378 g/mol. The number of fused-ring (bicyclic) bond motifs is 1. The van der Waals surface area contributed by atoms with Crippen LogP contribution >= 0.6 is 15.9 Å². The molecular formula is C12H8BrN3O3S2. The molecule has 0 saturated heterocycles. The molecule has 0 atom stereocenters. The first kappa shape index (κ1) is 14.2. The molecule has 0 aromatic heterocycles. The molecule has 0 aliphatic carbocycles. The number of anilines is 1. The monoisotopic (exact) mass is 385 g/mol. The molecule has 2 aromatic rings. The first-order chi connectivity index (χ1) is 9.99. The predicted molar refractivity (Wildman–Crippen MR) is 84.6 cm³/mol. The molecule has 0 fully saturated rings. The SMILES string of the molecule is O=S(=O)(Nc1cccc(Br)c1O)c1cccc2c1N=S=N2. The molecule has 108 valence electrons. The molecule has 0 radical (unpaired) electrons. The minimum absolute atomic E-state index is 0.0214. The molecule has 6 nitrogen and oxygen atoms in total. The molecule has 2 N–H and O–H groups in total. The summed E-state index contributed by atoms with van der Waals surface area (Å²) in [5, 5.41) is 9.88. The van der Waals surface area contributed by atoms with E-state index in [1.165, 1.54) is 12.1 Å². The summed E-state index contributed by atoms with van der Waals surface area (Å²) >= 11 is 4.08. The molecule has 2 aromatic carbocycles. The zero-order valence-corrected chi connectivity index (χ0v) is 13.5. The maximum absolute atomic E-state index is 12.5. The van der Waals surface area contributed by atoms with Gasteiger partial charge < -0.3 is 5.11 Å². The van der Waals surface area contributed by atoms with E-state index in [1.54, 1.807) is 24.3 Å². The Labute approximate surface area is 132 Å². The second-order valence-electron chi connectivity index (χ2n) is 4.13. The highest BCUT2D eigenvalue weighted by atomic mass is 79.9. The Bertz CT molecular complexity index is 906. The Kier molecular flexibility index (Phi) is 3.56. The Hall–Kier alpha value is -1.71. The zero-order valence-electron chi connectivity index (χ0n) is 10.3. The van der Waals surface area contributed by atoms with E-state index in [2.05, 4.69) is 29.4 Å². The first-order valence-electron chi connectivity index (χ1n) is 5.70. The van der Waals surface area contributed by atoms with Crippen molar-refractivity contribution in [2.24, 2.45) is 8.73 Å². The fourth-order valence-corrected chi connectivity index (χ4v) is 4.00. The van der Waals surface area contributed by atoms with E-state index in [0.29, 0.717) is 15.8 Å². The van der Waals surface area contributed by atoms with Crippen LogP contribution in [0, 0.1) is 0 Å². The normalized spacial score (nSPS) is 12.8. The Morgan fingerprint density at radius 2 is 1.90 bits per heavy atom. The Balaban J connectivity index is 2.05. The molecule has 1 aliphatic heterocycles. The summed E-state index contributed by atoms with van der Waals surface area (Å²) in [5.41, 5.74) is 0.912. The summed E-state index contributed by atoms with van der Waals surface area (Å²) in [4.78, 5) is 0.0214. The number of para-hydroxylation sites is 1. The number of phenols is 1. The molecule has 1 heterocycles. The first-order valence-corrected chi connectivity index (χ1v) is 8.71. The third-order valence-electron chi connectivity index (χ3n) is 2.77. The highest BCUT2D eigenvalue weighted by molar-refractivity contribution is 9.10. The number of benzene rings is 2. The number of nitrogens with zero attached hydrogens (tertiary/aromatic N) is 2.